The van der Waals surface area contributed by atoms with E-state index < -0.39 is 11.4 Å². The molecule has 0 aromatic heterocycles. The summed E-state index contributed by atoms with van der Waals surface area (Å²) < 4.78 is 0. The summed E-state index contributed by atoms with van der Waals surface area (Å²) in [5, 5.41) is 9.08. The maximum absolute atomic E-state index is 11.0. The highest BCUT2D eigenvalue weighted by atomic mass is 16.4. The van der Waals surface area contributed by atoms with Gasteiger partial charge < -0.3 is 10.0 Å². The van der Waals surface area contributed by atoms with Crippen molar-refractivity contribution in [3.05, 3.63) is 0 Å². The van der Waals surface area contributed by atoms with Gasteiger partial charge in [-0.15, -0.1) is 0 Å². The van der Waals surface area contributed by atoms with Crippen molar-refractivity contribution in [1.29, 1.82) is 0 Å². The van der Waals surface area contributed by atoms with Crippen LogP contribution in [0.25, 0.3) is 0 Å². The van der Waals surface area contributed by atoms with E-state index in [0.29, 0.717) is 5.41 Å². The van der Waals surface area contributed by atoms with Crippen LogP contribution in [0.15, 0.2) is 0 Å². The average molecular weight is 255 g/mol. The topological polar surface area (TPSA) is 40.5 Å². The van der Waals surface area contributed by atoms with E-state index in [0.717, 1.165) is 19.4 Å². The first-order valence-corrected chi connectivity index (χ1v) is 7.31. The lowest BCUT2D eigenvalue weighted by Crippen LogP contribution is -2.29. The van der Waals surface area contributed by atoms with Crippen LogP contribution in [0.1, 0.15) is 59.8 Å². The molecule has 106 valence electrons. The molecule has 1 aliphatic heterocycles. The Morgan fingerprint density at radius 3 is 2.39 bits per heavy atom. The highest BCUT2D eigenvalue weighted by Gasteiger charge is 2.35. The summed E-state index contributed by atoms with van der Waals surface area (Å²) in [6, 6.07) is 0. The Balaban J connectivity index is 2.32. The summed E-state index contributed by atoms with van der Waals surface area (Å²) in [6.45, 7) is 11.7. The third kappa shape index (κ3) is 3.71. The fourth-order valence-electron chi connectivity index (χ4n) is 2.90. The minimum absolute atomic E-state index is 0.530. The minimum atomic E-state index is -0.680. The van der Waals surface area contributed by atoms with Gasteiger partial charge in [-0.2, -0.15) is 0 Å². The molecule has 1 aliphatic rings. The van der Waals surface area contributed by atoms with Crippen molar-refractivity contribution in [3.8, 4) is 0 Å². The molecule has 1 N–H and O–H groups in total. The van der Waals surface area contributed by atoms with E-state index in [1.165, 1.54) is 32.4 Å². The van der Waals surface area contributed by atoms with E-state index in [9.17, 15) is 4.79 Å². The predicted octanol–water partition coefficient (Wildman–Crippen LogP) is 3.39. The molecular weight excluding hydrogens is 226 g/mol. The van der Waals surface area contributed by atoms with Gasteiger partial charge in [-0.05, 0) is 64.5 Å². The molecule has 1 fully saturated rings. The maximum atomic E-state index is 11.0. The van der Waals surface area contributed by atoms with Crippen LogP contribution in [0.2, 0.25) is 0 Å². The molecule has 18 heavy (non-hydrogen) atoms. The molecule has 0 aromatic carbocycles. The number of hydrogen-bond acceptors (Lipinski definition) is 2. The van der Waals surface area contributed by atoms with E-state index in [4.69, 9.17) is 5.11 Å². The zero-order valence-corrected chi connectivity index (χ0v) is 12.5. The van der Waals surface area contributed by atoms with Gasteiger partial charge in [0.1, 0.15) is 0 Å². The van der Waals surface area contributed by atoms with Crippen molar-refractivity contribution >= 4 is 5.97 Å². The lowest BCUT2D eigenvalue weighted by molar-refractivity contribution is -0.147. The van der Waals surface area contributed by atoms with Crippen LogP contribution in [0.5, 0.6) is 0 Å². The van der Waals surface area contributed by atoms with Gasteiger partial charge in [0.2, 0.25) is 0 Å². The number of carboxylic acid groups (broad SMARTS) is 1. The second kappa shape index (κ2) is 6.05. The van der Waals surface area contributed by atoms with Crippen LogP contribution in [0.3, 0.4) is 0 Å². The van der Waals surface area contributed by atoms with Gasteiger partial charge in [-0.1, -0.05) is 13.8 Å². The van der Waals surface area contributed by atoms with Crippen LogP contribution in [-0.2, 0) is 4.79 Å². The first-order valence-electron chi connectivity index (χ1n) is 7.31. The third-order valence-electron chi connectivity index (χ3n) is 4.87. The van der Waals surface area contributed by atoms with Gasteiger partial charge in [0.05, 0.1) is 5.41 Å². The largest absolute Gasteiger partial charge is 0.481 e. The van der Waals surface area contributed by atoms with E-state index in [1.54, 1.807) is 0 Å². The molecule has 1 saturated heterocycles. The lowest BCUT2D eigenvalue weighted by Gasteiger charge is -2.27. The molecule has 1 rings (SSSR count). The molecule has 1 heterocycles. The molecule has 0 aromatic rings. The predicted molar refractivity (Wildman–Crippen MR) is 74.7 cm³/mol. The Morgan fingerprint density at radius 1 is 1.33 bits per heavy atom. The van der Waals surface area contributed by atoms with Crippen molar-refractivity contribution in [3.63, 3.8) is 0 Å². The Labute approximate surface area is 112 Å². The first-order chi connectivity index (χ1) is 8.35. The van der Waals surface area contributed by atoms with Crippen LogP contribution in [0.4, 0.5) is 0 Å². The number of carbonyl (C=O) groups is 1. The van der Waals surface area contributed by atoms with Crippen molar-refractivity contribution < 1.29 is 9.90 Å². The summed E-state index contributed by atoms with van der Waals surface area (Å²) in [6.07, 6.45) is 5.59. The van der Waals surface area contributed by atoms with E-state index in [2.05, 4.69) is 18.7 Å². The molecule has 3 heteroatoms. The van der Waals surface area contributed by atoms with Gasteiger partial charge in [-0.25, -0.2) is 0 Å². The molecular formula is C15H29NO2. The molecule has 0 amide bonds. The highest BCUT2D eigenvalue weighted by Crippen LogP contribution is 2.37. The van der Waals surface area contributed by atoms with Gasteiger partial charge in [-0.3, -0.25) is 4.79 Å². The maximum Gasteiger partial charge on any atom is 0.309 e. The summed E-state index contributed by atoms with van der Waals surface area (Å²) in [5.74, 6) is -0.680. The van der Waals surface area contributed by atoms with Gasteiger partial charge in [0.25, 0.3) is 0 Å². The monoisotopic (exact) mass is 255 g/mol. The SMILES string of the molecule is CCC1(CC)CCN(CCCC(C)(C)C(=O)O)C1. The van der Waals surface area contributed by atoms with Crippen LogP contribution in [0, 0.1) is 10.8 Å². The van der Waals surface area contributed by atoms with Crippen molar-refractivity contribution in [2.75, 3.05) is 19.6 Å². The van der Waals surface area contributed by atoms with Gasteiger partial charge in [0, 0.05) is 6.54 Å². The first kappa shape index (κ1) is 15.5. The van der Waals surface area contributed by atoms with E-state index in [-0.39, 0.29) is 0 Å². The molecule has 0 bridgehead atoms. The number of nitrogens with zero attached hydrogens (tertiary/aromatic N) is 1. The number of hydrogen-bond donors (Lipinski definition) is 1. The second-order valence-corrected chi connectivity index (χ2v) is 6.53. The fourth-order valence-corrected chi connectivity index (χ4v) is 2.90. The smallest absolute Gasteiger partial charge is 0.309 e. The third-order valence-corrected chi connectivity index (χ3v) is 4.87. The Morgan fingerprint density at radius 2 is 1.94 bits per heavy atom. The summed E-state index contributed by atoms with van der Waals surface area (Å²) in [4.78, 5) is 13.5. The Kier molecular flexibility index (Phi) is 5.20. The van der Waals surface area contributed by atoms with Crippen molar-refractivity contribution in [2.45, 2.75) is 59.8 Å². The molecule has 0 saturated carbocycles. The van der Waals surface area contributed by atoms with Crippen molar-refractivity contribution in [1.82, 2.24) is 4.90 Å². The van der Waals surface area contributed by atoms with Gasteiger partial charge >= 0.3 is 5.97 Å². The van der Waals surface area contributed by atoms with Gasteiger partial charge in [0.15, 0.2) is 0 Å². The molecule has 0 radical (unpaired) electrons. The normalized spacial score (nSPS) is 20.2. The Hall–Kier alpha value is -0.570. The van der Waals surface area contributed by atoms with Crippen molar-refractivity contribution in [2.24, 2.45) is 10.8 Å². The van der Waals surface area contributed by atoms with Crippen LogP contribution >= 0.6 is 0 Å². The zero-order valence-electron chi connectivity index (χ0n) is 12.5. The number of carboxylic acids is 1. The molecule has 0 atom stereocenters. The zero-order chi connectivity index (χ0) is 13.8. The highest BCUT2D eigenvalue weighted by molar-refractivity contribution is 5.73. The molecule has 3 nitrogen and oxygen atoms in total. The average Bonchev–Trinajstić information content (AvgIpc) is 2.73. The lowest BCUT2D eigenvalue weighted by atomic mass is 9.82. The molecule has 0 aliphatic carbocycles. The number of aliphatic carboxylic acids is 1. The number of likely N-dealkylation sites (tertiary alicyclic amines) is 1. The van der Waals surface area contributed by atoms with E-state index >= 15 is 0 Å². The van der Waals surface area contributed by atoms with E-state index in [1.807, 2.05) is 13.8 Å². The standard InChI is InChI=1S/C15H29NO2/c1-5-15(6-2)9-11-16(12-15)10-7-8-14(3,4)13(17)18/h5-12H2,1-4H3,(H,17,18). The molecule has 0 spiro atoms. The quantitative estimate of drug-likeness (QED) is 0.758. The van der Waals surface area contributed by atoms with Crippen LogP contribution in [-0.4, -0.2) is 35.6 Å². The summed E-state index contributed by atoms with van der Waals surface area (Å²) in [5.41, 5.74) is -0.0470. The Bertz CT molecular complexity index is 282. The second-order valence-electron chi connectivity index (χ2n) is 6.53. The number of rotatable bonds is 7. The fraction of sp³-hybridized carbons (Fsp3) is 0.933. The summed E-state index contributed by atoms with van der Waals surface area (Å²) in [7, 11) is 0. The molecule has 0 unspecified atom stereocenters. The van der Waals surface area contributed by atoms with Crippen LogP contribution < -0.4 is 0 Å². The summed E-state index contributed by atoms with van der Waals surface area (Å²) >= 11 is 0. The minimum Gasteiger partial charge on any atom is -0.481 e.